The zero-order valence-corrected chi connectivity index (χ0v) is 23.3. The molecule has 11 nitrogen and oxygen atoms in total. The summed E-state index contributed by atoms with van der Waals surface area (Å²) in [5.74, 6) is -2.17. The van der Waals surface area contributed by atoms with Gasteiger partial charge in [-0.05, 0) is 33.7 Å². The summed E-state index contributed by atoms with van der Waals surface area (Å²) >= 11 is 0. The first-order chi connectivity index (χ1) is 19.0. The van der Waals surface area contributed by atoms with Gasteiger partial charge in [0.25, 0.3) is 0 Å². The highest BCUT2D eigenvalue weighted by Crippen LogP contribution is 2.49. The van der Waals surface area contributed by atoms with Crippen LogP contribution in [0.5, 0.6) is 0 Å². The number of ketones is 4. The molecule has 5 rings (SSSR count). The summed E-state index contributed by atoms with van der Waals surface area (Å²) in [4.78, 5) is 70.5. The number of nitrogens with zero attached hydrogens (tertiary/aromatic N) is 3. The van der Waals surface area contributed by atoms with Crippen LogP contribution in [0.25, 0.3) is 0 Å². The molecule has 11 heteroatoms. The van der Waals surface area contributed by atoms with Gasteiger partial charge in [0.2, 0.25) is 11.6 Å². The molecule has 3 heterocycles. The predicted molar refractivity (Wildman–Crippen MR) is 138 cm³/mol. The van der Waals surface area contributed by atoms with Crippen LogP contribution >= 0.6 is 0 Å². The zero-order chi connectivity index (χ0) is 29.2. The van der Waals surface area contributed by atoms with Crippen LogP contribution in [0, 0.1) is 11.3 Å². The Balaban J connectivity index is 1.72. The maximum absolute atomic E-state index is 13.8. The third-order valence-corrected chi connectivity index (χ3v) is 8.90. The van der Waals surface area contributed by atoms with Gasteiger partial charge < -0.3 is 14.2 Å². The van der Waals surface area contributed by atoms with Crippen molar-refractivity contribution in [3.05, 3.63) is 45.0 Å². The van der Waals surface area contributed by atoms with E-state index in [1.54, 1.807) is 20.9 Å². The number of allylic oxidation sites excluding steroid dienone is 4. The van der Waals surface area contributed by atoms with Crippen molar-refractivity contribution in [2.24, 2.45) is 0 Å². The molecule has 3 aliphatic heterocycles. The van der Waals surface area contributed by atoms with Crippen molar-refractivity contribution in [1.29, 1.82) is 5.26 Å². The Hall–Kier alpha value is -3.88. The standard InChI is InChI=1S/C29H31N3O8/c1-7-20(33)40-11-19-21-14(24(34)12(2)28(38-5)26(21)36)9-17-23-22-15(25(35)13(3)29(39-6)27(22)37)8-16(31(23)4)18(10-30)32(17)19/h16-19,23H,7-9,11H2,1-6H3/t16-,17-,18-,19-,23+/m0/s1. The van der Waals surface area contributed by atoms with E-state index >= 15 is 0 Å². The lowest BCUT2D eigenvalue weighted by Gasteiger charge is -2.60. The highest BCUT2D eigenvalue weighted by Gasteiger charge is 2.60. The number of nitriles is 1. The molecule has 0 aromatic carbocycles. The van der Waals surface area contributed by atoms with Gasteiger partial charge in [0.05, 0.1) is 32.4 Å². The first-order valence-electron chi connectivity index (χ1n) is 13.2. The molecule has 1 saturated heterocycles. The van der Waals surface area contributed by atoms with Gasteiger partial charge >= 0.3 is 5.97 Å². The topological polar surface area (TPSA) is 143 Å². The number of piperazine rings is 1. The second kappa shape index (κ2) is 9.94. The van der Waals surface area contributed by atoms with Crippen LogP contribution in [-0.2, 0) is 38.2 Å². The second-order valence-corrected chi connectivity index (χ2v) is 10.6. The zero-order valence-electron chi connectivity index (χ0n) is 23.3. The molecular weight excluding hydrogens is 518 g/mol. The first-order valence-corrected chi connectivity index (χ1v) is 13.2. The summed E-state index contributed by atoms with van der Waals surface area (Å²) in [7, 11) is 4.46. The Bertz CT molecular complexity index is 1440. The van der Waals surface area contributed by atoms with Gasteiger partial charge in [0.15, 0.2) is 23.1 Å². The summed E-state index contributed by atoms with van der Waals surface area (Å²) in [5, 5.41) is 10.5. The Labute approximate surface area is 231 Å². The molecule has 2 aliphatic carbocycles. The lowest BCUT2D eigenvalue weighted by Crippen LogP contribution is -2.74. The summed E-state index contributed by atoms with van der Waals surface area (Å²) in [6, 6.07) is -1.24. The Morgan fingerprint density at radius 1 is 0.900 bits per heavy atom. The molecule has 0 unspecified atom stereocenters. The number of Topliss-reactive ketones (excluding diaryl/α,β-unsaturated/α-hetero) is 4. The van der Waals surface area contributed by atoms with E-state index in [4.69, 9.17) is 14.2 Å². The molecule has 0 spiro atoms. The normalized spacial score (nSPS) is 30.7. The number of methoxy groups -OCH3 is 2. The maximum atomic E-state index is 13.8. The van der Waals surface area contributed by atoms with Crippen LogP contribution < -0.4 is 0 Å². The molecule has 0 radical (unpaired) electrons. The SMILES string of the molecule is CCC(=O)OC[C@H]1C2=C(C[C@H]3[C@@H]4C5=C(C[C@@H]([C@H](C#N)N13)N4C)C(=O)C(C)=C(OC)C5=O)C(=O)C(C)=C(OC)C2=O. The lowest BCUT2D eigenvalue weighted by molar-refractivity contribution is -0.147. The lowest BCUT2D eigenvalue weighted by atomic mass is 9.67. The maximum Gasteiger partial charge on any atom is 0.305 e. The highest BCUT2D eigenvalue weighted by molar-refractivity contribution is 6.26. The Kier molecular flexibility index (Phi) is 6.88. The van der Waals surface area contributed by atoms with E-state index in [1.165, 1.54) is 21.1 Å². The van der Waals surface area contributed by atoms with Crippen LogP contribution in [0.4, 0.5) is 0 Å². The van der Waals surface area contributed by atoms with Gasteiger partial charge in [-0.2, -0.15) is 5.26 Å². The number of hydrogen-bond donors (Lipinski definition) is 0. The molecule has 40 heavy (non-hydrogen) atoms. The molecule has 1 fully saturated rings. The molecule has 0 aromatic rings. The van der Waals surface area contributed by atoms with Crippen molar-refractivity contribution >= 4 is 29.1 Å². The number of carbonyl (C=O) groups is 5. The molecule has 0 amide bonds. The predicted octanol–water partition coefficient (Wildman–Crippen LogP) is 1.10. The minimum Gasteiger partial charge on any atom is -0.492 e. The summed E-state index contributed by atoms with van der Waals surface area (Å²) in [5.41, 5.74) is 1.41. The Morgan fingerprint density at radius 2 is 1.43 bits per heavy atom. The number of esters is 1. The quantitative estimate of drug-likeness (QED) is 0.359. The van der Waals surface area contributed by atoms with E-state index in [0.29, 0.717) is 5.57 Å². The van der Waals surface area contributed by atoms with Crippen molar-refractivity contribution in [1.82, 2.24) is 9.80 Å². The van der Waals surface area contributed by atoms with E-state index in [1.807, 2.05) is 9.80 Å². The van der Waals surface area contributed by atoms with Crippen LogP contribution in [0.2, 0.25) is 0 Å². The van der Waals surface area contributed by atoms with Crippen molar-refractivity contribution in [2.45, 2.75) is 70.2 Å². The van der Waals surface area contributed by atoms with Gasteiger partial charge in [0, 0.05) is 51.9 Å². The van der Waals surface area contributed by atoms with Crippen molar-refractivity contribution < 1.29 is 38.2 Å². The van der Waals surface area contributed by atoms with E-state index in [2.05, 4.69) is 6.07 Å². The number of ether oxygens (including phenoxy) is 3. The molecule has 0 N–H and O–H groups in total. The van der Waals surface area contributed by atoms with Gasteiger partial charge in [-0.25, -0.2) is 0 Å². The fourth-order valence-electron chi connectivity index (χ4n) is 7.05. The molecule has 210 valence electrons. The van der Waals surface area contributed by atoms with E-state index in [-0.39, 0.29) is 76.8 Å². The summed E-state index contributed by atoms with van der Waals surface area (Å²) in [6.07, 6.45) is 0.298. The third kappa shape index (κ3) is 3.66. The number of hydrogen-bond acceptors (Lipinski definition) is 11. The van der Waals surface area contributed by atoms with E-state index < -0.39 is 47.7 Å². The number of fused-ring (bicyclic) bond motifs is 5. The number of rotatable bonds is 5. The van der Waals surface area contributed by atoms with Crippen molar-refractivity contribution in [3.63, 3.8) is 0 Å². The second-order valence-electron chi connectivity index (χ2n) is 10.6. The molecule has 2 bridgehead atoms. The molecule has 0 saturated carbocycles. The van der Waals surface area contributed by atoms with Gasteiger partial charge in [-0.3, -0.25) is 33.8 Å². The van der Waals surface area contributed by atoms with Gasteiger partial charge in [-0.1, -0.05) is 6.92 Å². The Morgan fingerprint density at radius 3 is 1.95 bits per heavy atom. The molecular formula is C29H31N3O8. The first kappa shape index (κ1) is 27.7. The average molecular weight is 550 g/mol. The van der Waals surface area contributed by atoms with Crippen LogP contribution in [0.15, 0.2) is 45.0 Å². The van der Waals surface area contributed by atoms with E-state index in [9.17, 15) is 29.2 Å². The fraction of sp³-hybridized carbons (Fsp3) is 0.517. The van der Waals surface area contributed by atoms with Crippen LogP contribution in [-0.4, -0.2) is 97.0 Å². The molecule has 5 atom stereocenters. The van der Waals surface area contributed by atoms with Crippen LogP contribution in [0.3, 0.4) is 0 Å². The monoisotopic (exact) mass is 549 g/mol. The summed E-state index contributed by atoms with van der Waals surface area (Å²) in [6.45, 7) is 4.45. The van der Waals surface area contributed by atoms with Crippen molar-refractivity contribution in [3.8, 4) is 6.07 Å². The average Bonchev–Trinajstić information content (AvgIpc) is 2.93. The summed E-state index contributed by atoms with van der Waals surface area (Å²) < 4.78 is 16.2. The van der Waals surface area contributed by atoms with Gasteiger partial charge in [-0.15, -0.1) is 0 Å². The third-order valence-electron chi connectivity index (χ3n) is 8.90. The number of likely N-dealkylation sites (N-methyl/N-ethyl adjacent to an activating group) is 1. The smallest absolute Gasteiger partial charge is 0.305 e. The van der Waals surface area contributed by atoms with Gasteiger partial charge in [0.1, 0.15) is 12.6 Å². The van der Waals surface area contributed by atoms with E-state index in [0.717, 1.165) is 0 Å². The minimum atomic E-state index is -0.932. The number of carbonyl (C=O) groups excluding carboxylic acids is 5. The molecule has 5 aliphatic rings. The highest BCUT2D eigenvalue weighted by atomic mass is 16.5. The molecule has 0 aromatic heterocycles. The fourth-order valence-corrected chi connectivity index (χ4v) is 7.05. The van der Waals surface area contributed by atoms with Crippen molar-refractivity contribution in [2.75, 3.05) is 27.9 Å². The van der Waals surface area contributed by atoms with Crippen LogP contribution in [0.1, 0.15) is 40.0 Å². The minimum absolute atomic E-state index is 0.0267. The largest absolute Gasteiger partial charge is 0.492 e.